The summed E-state index contributed by atoms with van der Waals surface area (Å²) in [5.74, 6) is -11.3. The molecule has 1 aromatic rings. The summed E-state index contributed by atoms with van der Waals surface area (Å²) >= 11 is 0. The molecule has 2 fully saturated rings. The molecule has 15 N–H and O–H groups in total. The molecule has 418 valence electrons. The fourth-order valence-corrected chi connectivity index (χ4v) is 8.86. The zero-order chi connectivity index (χ0) is 55.8. The van der Waals surface area contributed by atoms with E-state index in [-0.39, 0.29) is 38.0 Å². The first kappa shape index (κ1) is 62.4. The second-order valence-electron chi connectivity index (χ2n) is 19.8. The Hall–Kier alpha value is -6.89. The van der Waals surface area contributed by atoms with E-state index in [1.807, 2.05) is 0 Å². The third-order valence-corrected chi connectivity index (χ3v) is 12.9. The third-order valence-electron chi connectivity index (χ3n) is 12.9. The van der Waals surface area contributed by atoms with Crippen LogP contribution in [0, 0.1) is 5.92 Å². The smallest absolute Gasteiger partial charge is 0.303 e. The third kappa shape index (κ3) is 22.2. The average Bonchev–Trinajstić information content (AvgIpc) is 3.83. The van der Waals surface area contributed by atoms with Crippen LogP contribution in [0.4, 0.5) is 0 Å². The first-order chi connectivity index (χ1) is 35.5. The van der Waals surface area contributed by atoms with Gasteiger partial charge in [0.05, 0.1) is 25.6 Å². The number of aliphatic hydroxyl groups is 2. The summed E-state index contributed by atoms with van der Waals surface area (Å²) in [6, 6.07) is -7.33. The van der Waals surface area contributed by atoms with Gasteiger partial charge in [0.2, 0.25) is 59.1 Å². The normalized spacial score (nSPS) is 24.5. The number of fused-ring (bicyclic) bond motifs is 1. The lowest BCUT2D eigenvalue weighted by Crippen LogP contribution is -2.61. The van der Waals surface area contributed by atoms with Crippen molar-refractivity contribution in [2.75, 3.05) is 13.2 Å². The van der Waals surface area contributed by atoms with Crippen LogP contribution in [0.15, 0.2) is 24.3 Å². The number of carboxylic acid groups (broad SMARTS) is 1. The number of aliphatic hydroxyl groups excluding tert-OH is 2. The molecular formula is C50H78N10O15. The molecular weight excluding hydrogens is 981 g/mol. The lowest BCUT2D eigenvalue weighted by Gasteiger charge is -2.30. The van der Waals surface area contributed by atoms with Crippen molar-refractivity contribution < 1.29 is 73.2 Å². The maximum Gasteiger partial charge on any atom is 0.303 e. The minimum Gasteiger partial charge on any atom is -0.508 e. The summed E-state index contributed by atoms with van der Waals surface area (Å²) in [5.41, 5.74) is 11.4. The van der Waals surface area contributed by atoms with E-state index >= 15 is 0 Å². The Bertz CT molecular complexity index is 2140. The van der Waals surface area contributed by atoms with Crippen molar-refractivity contribution in [1.82, 2.24) is 42.1 Å². The van der Waals surface area contributed by atoms with E-state index in [9.17, 15) is 73.2 Å². The van der Waals surface area contributed by atoms with Crippen molar-refractivity contribution >= 4 is 65.0 Å². The highest BCUT2D eigenvalue weighted by Gasteiger charge is 2.41. The van der Waals surface area contributed by atoms with Gasteiger partial charge in [-0.05, 0) is 56.2 Å². The number of phenols is 1. The molecule has 2 saturated heterocycles. The van der Waals surface area contributed by atoms with Crippen molar-refractivity contribution in [3.05, 3.63) is 29.8 Å². The molecule has 3 rings (SSSR count). The van der Waals surface area contributed by atoms with Gasteiger partial charge in [-0.2, -0.15) is 0 Å². The van der Waals surface area contributed by atoms with Crippen LogP contribution < -0.4 is 48.7 Å². The molecule has 25 heteroatoms. The molecule has 75 heavy (non-hydrogen) atoms. The van der Waals surface area contributed by atoms with E-state index in [0.29, 0.717) is 24.3 Å². The van der Waals surface area contributed by atoms with E-state index in [2.05, 4.69) is 51.1 Å². The highest BCUT2D eigenvalue weighted by atomic mass is 16.4. The van der Waals surface area contributed by atoms with Gasteiger partial charge < -0.3 is 74.0 Å². The predicted molar refractivity (Wildman–Crippen MR) is 269 cm³/mol. The number of hydrogen-bond donors (Lipinski definition) is 13. The summed E-state index contributed by atoms with van der Waals surface area (Å²) in [6.07, 6.45) is 3.60. The van der Waals surface area contributed by atoms with Crippen LogP contribution in [-0.4, -0.2) is 158 Å². The van der Waals surface area contributed by atoms with Crippen molar-refractivity contribution in [3.8, 4) is 5.75 Å². The predicted octanol–water partition coefficient (Wildman–Crippen LogP) is -1.73. The molecule has 0 aromatic heterocycles. The fraction of sp³-hybridized carbons (Fsp3) is 0.660. The minimum absolute atomic E-state index is 0.0152. The second-order valence-corrected chi connectivity index (χ2v) is 19.8. The number of rotatable bonds is 22. The van der Waals surface area contributed by atoms with Crippen molar-refractivity contribution in [1.29, 1.82) is 0 Å². The van der Waals surface area contributed by atoms with Crippen LogP contribution in [0.1, 0.15) is 135 Å². The zero-order valence-corrected chi connectivity index (χ0v) is 43.1. The summed E-state index contributed by atoms with van der Waals surface area (Å²) in [5, 5.41) is 57.4. The topological polar surface area (TPSA) is 408 Å². The first-order valence-electron chi connectivity index (χ1n) is 25.8. The Labute approximate surface area is 436 Å². The van der Waals surface area contributed by atoms with Crippen LogP contribution in [0.5, 0.6) is 5.75 Å². The quantitative estimate of drug-likeness (QED) is 0.0574. The standard InChI is InChI=1S/C50H78N10O15/c1-28(2)13-10-8-6-4-5-7-9-11-14-31-24-41(66)54-35(25-39(51)64)46(71)56-34(23-30-16-18-32(63)19-17-30)45(70)57-36(26-40(52)65)50(75)60-22-12-15-38(60)48(73)55-33(20-21-42(67)68)44(69)58-37(27-61)47(72)59-43(29(3)62)49(74)53-31/h16-19,28-29,31,33-38,43,61-63H,4-15,20-27H2,1-3H3,(H2,51,64)(H2,52,65)(H,53,74)(H,54,66)(H,55,73)(H,56,71)(H,57,70)(H,58,69)(H,59,72)(H,67,68)/t29-,31+,33-,34+,35-,36+,37+,38-,43-/m0/s1. The molecule has 2 heterocycles. The minimum atomic E-state index is -1.84. The number of unbranched alkanes of at least 4 members (excludes halogenated alkanes) is 7. The van der Waals surface area contributed by atoms with Gasteiger partial charge in [0.25, 0.3) is 0 Å². The van der Waals surface area contributed by atoms with Crippen LogP contribution >= 0.6 is 0 Å². The molecule has 0 saturated carbocycles. The van der Waals surface area contributed by atoms with Crippen LogP contribution in [0.3, 0.4) is 0 Å². The second kappa shape index (κ2) is 31.8. The van der Waals surface area contributed by atoms with Crippen molar-refractivity contribution in [3.63, 3.8) is 0 Å². The number of hydrogen-bond acceptors (Lipinski definition) is 14. The van der Waals surface area contributed by atoms with Gasteiger partial charge >= 0.3 is 5.97 Å². The number of phenolic OH excluding ortho intramolecular Hbond substituents is 1. The first-order valence-corrected chi connectivity index (χ1v) is 25.8. The van der Waals surface area contributed by atoms with Gasteiger partial charge in [0.1, 0.15) is 48.0 Å². The molecule has 1 aromatic carbocycles. The molecule has 0 spiro atoms. The van der Waals surface area contributed by atoms with E-state index < -0.39 is 158 Å². The molecule has 25 nitrogen and oxygen atoms in total. The summed E-state index contributed by atoms with van der Waals surface area (Å²) in [7, 11) is 0. The lowest BCUT2D eigenvalue weighted by molar-refractivity contribution is -0.143. The van der Waals surface area contributed by atoms with Gasteiger partial charge in [0, 0.05) is 31.8 Å². The summed E-state index contributed by atoms with van der Waals surface area (Å²) in [6.45, 7) is 4.34. The molecule has 0 aliphatic carbocycles. The average molecular weight is 1060 g/mol. The number of carboxylic acids is 1. The number of carbonyl (C=O) groups excluding carboxylic acids is 10. The maximum atomic E-state index is 14.3. The molecule has 2 aliphatic heterocycles. The maximum absolute atomic E-state index is 14.3. The SMILES string of the molecule is CC(C)CCCCCCCCCC[C@@H]1CC(=O)N[C@@H](CC(N)=O)C(=O)N[C@H](Cc2ccc(O)cc2)C(=O)N[C@H](CC(N)=O)C(=O)N2CCC[C@H]2C(=O)N[C@@H](CCC(=O)O)C(=O)N[C@H](CO)C(=O)N[C@@H]([C@H](C)O)C(=O)N1. The monoisotopic (exact) mass is 1060 g/mol. The highest BCUT2D eigenvalue weighted by Crippen LogP contribution is 2.21. The Balaban J connectivity index is 2.09. The number of aromatic hydroxyl groups is 1. The van der Waals surface area contributed by atoms with Gasteiger partial charge in [-0.15, -0.1) is 0 Å². The number of primary amides is 2. The largest absolute Gasteiger partial charge is 0.508 e. The van der Waals surface area contributed by atoms with E-state index in [4.69, 9.17) is 11.5 Å². The molecule has 9 atom stereocenters. The van der Waals surface area contributed by atoms with Crippen molar-refractivity contribution in [2.24, 2.45) is 17.4 Å². The van der Waals surface area contributed by atoms with E-state index in [0.717, 1.165) is 49.8 Å². The van der Waals surface area contributed by atoms with E-state index in [1.54, 1.807) is 0 Å². The summed E-state index contributed by atoms with van der Waals surface area (Å²) < 4.78 is 0. The number of nitrogens with one attached hydrogen (secondary N) is 7. The Kier molecular flexibility index (Phi) is 26.4. The number of carbonyl (C=O) groups is 11. The van der Waals surface area contributed by atoms with Gasteiger partial charge in [-0.3, -0.25) is 52.7 Å². The molecule has 0 bridgehead atoms. The summed E-state index contributed by atoms with van der Waals surface area (Å²) in [4.78, 5) is 149. The number of nitrogens with zero attached hydrogens (tertiary/aromatic N) is 1. The fourth-order valence-electron chi connectivity index (χ4n) is 8.86. The Morgan fingerprint density at radius 3 is 1.76 bits per heavy atom. The lowest BCUT2D eigenvalue weighted by atomic mass is 10.0. The Morgan fingerprint density at radius 1 is 0.640 bits per heavy atom. The number of aliphatic carboxylic acids is 1. The zero-order valence-electron chi connectivity index (χ0n) is 43.1. The number of amides is 10. The highest BCUT2D eigenvalue weighted by molar-refractivity contribution is 6.00. The van der Waals surface area contributed by atoms with Crippen molar-refractivity contribution in [2.45, 2.75) is 191 Å². The molecule has 2 aliphatic rings. The number of benzene rings is 1. The molecule has 0 radical (unpaired) electrons. The Morgan fingerprint density at radius 2 is 1.17 bits per heavy atom. The van der Waals surface area contributed by atoms with Crippen LogP contribution in [0.2, 0.25) is 0 Å². The van der Waals surface area contributed by atoms with Gasteiger partial charge in [-0.25, -0.2) is 0 Å². The van der Waals surface area contributed by atoms with E-state index in [1.165, 1.54) is 31.2 Å². The van der Waals surface area contributed by atoms with Crippen LogP contribution in [0.25, 0.3) is 0 Å². The number of nitrogens with two attached hydrogens (primary N) is 2. The molecule has 0 unspecified atom stereocenters. The van der Waals surface area contributed by atoms with Crippen LogP contribution in [-0.2, 0) is 59.2 Å². The van der Waals surface area contributed by atoms with Gasteiger partial charge in [0.15, 0.2) is 0 Å². The molecule has 10 amide bonds. The van der Waals surface area contributed by atoms with Gasteiger partial charge in [-0.1, -0.05) is 83.8 Å².